The second-order valence-corrected chi connectivity index (χ2v) is 4.96. The Balaban J connectivity index is 3.01. The summed E-state index contributed by atoms with van der Waals surface area (Å²) in [7, 11) is 0. The van der Waals surface area contributed by atoms with E-state index >= 15 is 0 Å². The third-order valence-corrected chi connectivity index (χ3v) is 3.59. The lowest BCUT2D eigenvalue weighted by Gasteiger charge is -2.20. The first-order chi connectivity index (χ1) is 6.93. The smallest absolute Gasteiger partial charge is 0.0761 e. The fourth-order valence-corrected chi connectivity index (χ4v) is 2.17. The van der Waals surface area contributed by atoms with Crippen LogP contribution in [0.1, 0.15) is 25.3 Å². The first-order valence-corrected chi connectivity index (χ1v) is 5.84. The topological polar surface area (TPSA) is 26.0 Å². The van der Waals surface area contributed by atoms with Gasteiger partial charge in [-0.1, -0.05) is 55.3 Å². The Morgan fingerprint density at radius 1 is 1.33 bits per heavy atom. The molecule has 2 unspecified atom stereocenters. The Kier molecular flexibility index (Phi) is 4.38. The molecule has 0 fully saturated rings. The lowest BCUT2D eigenvalue weighted by atomic mass is 9.89. The van der Waals surface area contributed by atoms with Gasteiger partial charge >= 0.3 is 0 Å². The van der Waals surface area contributed by atoms with Crippen molar-refractivity contribution in [1.29, 1.82) is 0 Å². The summed E-state index contributed by atoms with van der Waals surface area (Å²) in [5.41, 5.74) is 6.65. The Morgan fingerprint density at radius 2 is 1.93 bits per heavy atom. The average Bonchev–Trinajstić information content (AvgIpc) is 2.15. The number of halogens is 2. The molecule has 0 aromatic heterocycles. The number of thiocarbonyl (C=S) groups is 1. The summed E-state index contributed by atoms with van der Waals surface area (Å²) in [5.74, 6) is 0.325. The molecular weight excluding hydrogens is 249 g/mol. The zero-order valence-electron chi connectivity index (χ0n) is 8.63. The minimum absolute atomic E-state index is 0.124. The van der Waals surface area contributed by atoms with Gasteiger partial charge in [-0.05, 0) is 23.6 Å². The highest BCUT2D eigenvalue weighted by atomic mass is 35.5. The standard InChI is InChI=1S/C11H13Cl2NS/c1-6(7(2)11(14)15)9-4-3-8(12)5-10(9)13/h3-7H,1-2H3,(H2,14,15). The van der Waals surface area contributed by atoms with Crippen LogP contribution >= 0.6 is 35.4 Å². The Hall–Kier alpha value is -0.310. The van der Waals surface area contributed by atoms with Crippen LogP contribution in [0.4, 0.5) is 0 Å². The molecule has 0 aliphatic carbocycles. The summed E-state index contributed by atoms with van der Waals surface area (Å²) >= 11 is 16.9. The van der Waals surface area contributed by atoms with Crippen LogP contribution in [0.2, 0.25) is 10.0 Å². The van der Waals surface area contributed by atoms with Crippen LogP contribution in [0, 0.1) is 5.92 Å². The van der Waals surface area contributed by atoms with Gasteiger partial charge in [0.1, 0.15) is 0 Å². The predicted molar refractivity (Wildman–Crippen MR) is 70.8 cm³/mol. The molecule has 2 atom stereocenters. The van der Waals surface area contributed by atoms with E-state index < -0.39 is 0 Å². The highest BCUT2D eigenvalue weighted by Gasteiger charge is 2.18. The molecule has 0 bridgehead atoms. The normalized spacial score (nSPS) is 14.7. The van der Waals surface area contributed by atoms with Crippen LogP contribution in [-0.2, 0) is 0 Å². The molecule has 0 aliphatic heterocycles. The van der Waals surface area contributed by atoms with Crippen LogP contribution in [-0.4, -0.2) is 4.99 Å². The van der Waals surface area contributed by atoms with Crippen molar-refractivity contribution in [3.8, 4) is 0 Å². The molecular formula is C11H13Cl2NS. The van der Waals surface area contributed by atoms with Gasteiger partial charge < -0.3 is 5.73 Å². The fraction of sp³-hybridized carbons (Fsp3) is 0.364. The fourth-order valence-electron chi connectivity index (χ4n) is 1.39. The van der Waals surface area contributed by atoms with E-state index in [9.17, 15) is 0 Å². The van der Waals surface area contributed by atoms with Crippen molar-refractivity contribution in [3.05, 3.63) is 33.8 Å². The van der Waals surface area contributed by atoms with Crippen molar-refractivity contribution in [3.63, 3.8) is 0 Å². The van der Waals surface area contributed by atoms with E-state index in [1.165, 1.54) is 0 Å². The predicted octanol–water partition coefficient (Wildman–Crippen LogP) is 4.02. The molecule has 4 heteroatoms. The number of hydrogen-bond acceptors (Lipinski definition) is 1. The highest BCUT2D eigenvalue weighted by molar-refractivity contribution is 7.80. The number of rotatable bonds is 3. The van der Waals surface area contributed by atoms with E-state index in [1.807, 2.05) is 19.1 Å². The molecule has 1 rings (SSSR count). The van der Waals surface area contributed by atoms with Crippen molar-refractivity contribution in [2.75, 3.05) is 0 Å². The molecule has 0 radical (unpaired) electrons. The van der Waals surface area contributed by atoms with Crippen LogP contribution in [0.5, 0.6) is 0 Å². The maximum Gasteiger partial charge on any atom is 0.0761 e. The Bertz CT molecular complexity index is 379. The maximum atomic E-state index is 6.10. The van der Waals surface area contributed by atoms with Crippen molar-refractivity contribution in [1.82, 2.24) is 0 Å². The van der Waals surface area contributed by atoms with Crippen LogP contribution in [0.25, 0.3) is 0 Å². The lowest BCUT2D eigenvalue weighted by Crippen LogP contribution is -2.23. The van der Waals surface area contributed by atoms with E-state index in [2.05, 4.69) is 6.92 Å². The first-order valence-electron chi connectivity index (χ1n) is 4.67. The van der Waals surface area contributed by atoms with E-state index in [0.717, 1.165) is 5.56 Å². The maximum absolute atomic E-state index is 6.10. The molecule has 1 aromatic carbocycles. The molecule has 0 aliphatic rings. The summed E-state index contributed by atoms with van der Waals surface area (Å²) in [6.45, 7) is 4.05. The zero-order valence-corrected chi connectivity index (χ0v) is 11.0. The molecule has 1 aromatic rings. The summed E-state index contributed by atoms with van der Waals surface area (Å²) in [5, 5.41) is 1.30. The van der Waals surface area contributed by atoms with Gasteiger partial charge in [0, 0.05) is 16.0 Å². The SMILES string of the molecule is CC(C(N)=S)C(C)c1ccc(Cl)cc1Cl. The Labute approximate surface area is 106 Å². The van der Waals surface area contributed by atoms with Gasteiger partial charge in [0.25, 0.3) is 0 Å². The van der Waals surface area contributed by atoms with Crippen molar-refractivity contribution in [2.24, 2.45) is 11.7 Å². The van der Waals surface area contributed by atoms with Gasteiger partial charge in [-0.25, -0.2) is 0 Å². The molecule has 1 nitrogen and oxygen atoms in total. The lowest BCUT2D eigenvalue weighted by molar-refractivity contribution is 0.627. The van der Waals surface area contributed by atoms with E-state index in [4.69, 9.17) is 41.2 Å². The van der Waals surface area contributed by atoms with Gasteiger partial charge in [0.15, 0.2) is 0 Å². The second kappa shape index (κ2) is 5.15. The molecule has 0 amide bonds. The monoisotopic (exact) mass is 261 g/mol. The molecule has 2 N–H and O–H groups in total. The van der Waals surface area contributed by atoms with Gasteiger partial charge in [-0.3, -0.25) is 0 Å². The van der Waals surface area contributed by atoms with Gasteiger partial charge in [-0.15, -0.1) is 0 Å². The quantitative estimate of drug-likeness (QED) is 0.832. The van der Waals surface area contributed by atoms with E-state index in [0.29, 0.717) is 15.0 Å². The molecule has 0 spiro atoms. The molecule has 82 valence electrons. The molecule has 0 saturated heterocycles. The first kappa shape index (κ1) is 12.8. The van der Waals surface area contributed by atoms with Gasteiger partial charge in [-0.2, -0.15) is 0 Å². The van der Waals surface area contributed by atoms with E-state index in [-0.39, 0.29) is 11.8 Å². The third kappa shape index (κ3) is 3.07. The summed E-state index contributed by atoms with van der Waals surface area (Å²) in [6.07, 6.45) is 0. The second-order valence-electron chi connectivity index (χ2n) is 3.65. The van der Waals surface area contributed by atoms with E-state index in [1.54, 1.807) is 6.07 Å². The summed E-state index contributed by atoms with van der Waals surface area (Å²) in [4.78, 5) is 0.508. The number of benzene rings is 1. The number of hydrogen-bond donors (Lipinski definition) is 1. The molecule has 15 heavy (non-hydrogen) atoms. The summed E-state index contributed by atoms with van der Waals surface area (Å²) < 4.78 is 0. The highest BCUT2D eigenvalue weighted by Crippen LogP contribution is 2.31. The largest absolute Gasteiger partial charge is 0.393 e. The van der Waals surface area contributed by atoms with Gasteiger partial charge in [0.2, 0.25) is 0 Å². The van der Waals surface area contributed by atoms with Crippen LogP contribution in [0.15, 0.2) is 18.2 Å². The minimum atomic E-state index is 0.124. The van der Waals surface area contributed by atoms with Gasteiger partial charge in [0.05, 0.1) is 4.99 Å². The van der Waals surface area contributed by atoms with Crippen LogP contribution in [0.3, 0.4) is 0 Å². The van der Waals surface area contributed by atoms with Crippen molar-refractivity contribution >= 4 is 40.4 Å². The number of nitrogens with two attached hydrogens (primary N) is 1. The third-order valence-electron chi connectivity index (χ3n) is 2.65. The zero-order chi connectivity index (χ0) is 11.6. The van der Waals surface area contributed by atoms with Crippen molar-refractivity contribution < 1.29 is 0 Å². The molecule has 0 saturated carbocycles. The summed E-state index contributed by atoms with van der Waals surface area (Å²) in [6, 6.07) is 5.48. The minimum Gasteiger partial charge on any atom is -0.393 e. The average molecular weight is 262 g/mol. The van der Waals surface area contributed by atoms with Crippen LogP contribution < -0.4 is 5.73 Å². The molecule has 0 heterocycles. The van der Waals surface area contributed by atoms with Crippen molar-refractivity contribution in [2.45, 2.75) is 19.8 Å². The Morgan fingerprint density at radius 3 is 2.40 bits per heavy atom.